The quantitative estimate of drug-likeness (QED) is 0.0204. The number of amides is 1. The van der Waals surface area contributed by atoms with Crippen molar-refractivity contribution >= 4 is 5.91 Å². The Balaban J connectivity index is 1.63. The summed E-state index contributed by atoms with van der Waals surface area (Å²) in [6.45, 7) is 2.91. The van der Waals surface area contributed by atoms with Crippen LogP contribution in [0.3, 0.4) is 0 Å². The third-order valence-electron chi connectivity index (χ3n) is 18.4. The predicted octanol–water partition coefficient (Wildman–Crippen LogP) is 15.5. The zero-order valence-electron chi connectivity index (χ0n) is 56.0. The van der Waals surface area contributed by atoms with Crippen molar-refractivity contribution in [1.82, 2.24) is 5.32 Å². The van der Waals surface area contributed by atoms with Crippen LogP contribution >= 0.6 is 0 Å². The number of ether oxygens (including phenoxy) is 4. The van der Waals surface area contributed by atoms with Crippen molar-refractivity contribution in [2.45, 2.75) is 415 Å². The number of allylic oxidation sites excluding steroid dienone is 4. The van der Waals surface area contributed by atoms with Gasteiger partial charge in [-0.1, -0.05) is 314 Å². The molecule has 9 N–H and O–H groups in total. The SMILES string of the molecule is CCCCCCC/C=C\C/C=C\CCCCCCCCCCCCCCCCCCCCCC(=O)NC(COC1OC(CO)C(OC2OC(CO)C(O)C(O)C2O)C(O)C1O)C(O)CCCCCCCCCCCCCCCCCCCCCCCC. The molecule has 2 rings (SSSR count). The first-order valence-corrected chi connectivity index (χ1v) is 37.1. The van der Waals surface area contributed by atoms with E-state index in [-0.39, 0.29) is 12.5 Å². The molecule has 0 aromatic heterocycles. The highest BCUT2D eigenvalue weighted by Crippen LogP contribution is 2.30. The van der Waals surface area contributed by atoms with Crippen molar-refractivity contribution in [3.63, 3.8) is 0 Å². The lowest BCUT2D eigenvalue weighted by Gasteiger charge is -2.46. The van der Waals surface area contributed by atoms with E-state index in [1.165, 1.54) is 257 Å². The van der Waals surface area contributed by atoms with Crippen molar-refractivity contribution in [3.05, 3.63) is 24.3 Å². The lowest BCUT2D eigenvalue weighted by atomic mass is 9.97. The predicted molar refractivity (Wildman–Crippen MR) is 355 cm³/mol. The molecule has 2 aliphatic heterocycles. The molecular formula is C73H139NO13. The van der Waals surface area contributed by atoms with E-state index in [1.807, 2.05) is 0 Å². The summed E-state index contributed by atoms with van der Waals surface area (Å²) in [7, 11) is 0. The average Bonchev–Trinajstić information content (AvgIpc) is 2.33. The lowest BCUT2D eigenvalue weighted by Crippen LogP contribution is -2.65. The molecule has 0 radical (unpaired) electrons. The van der Waals surface area contributed by atoms with Crippen LogP contribution in [0.5, 0.6) is 0 Å². The Hall–Kier alpha value is -1.53. The maximum absolute atomic E-state index is 13.4. The molecule has 2 heterocycles. The summed E-state index contributed by atoms with van der Waals surface area (Å²) in [6.07, 6.45) is 56.3. The van der Waals surface area contributed by atoms with Gasteiger partial charge in [0, 0.05) is 6.42 Å². The Bertz CT molecular complexity index is 1550. The summed E-state index contributed by atoms with van der Waals surface area (Å²) >= 11 is 0. The van der Waals surface area contributed by atoms with Crippen molar-refractivity contribution in [3.8, 4) is 0 Å². The molecule has 2 aliphatic rings. The van der Waals surface area contributed by atoms with E-state index in [0.29, 0.717) is 12.8 Å². The minimum Gasteiger partial charge on any atom is -0.394 e. The van der Waals surface area contributed by atoms with Gasteiger partial charge in [-0.15, -0.1) is 0 Å². The maximum Gasteiger partial charge on any atom is 0.220 e. The monoisotopic (exact) mass is 1240 g/mol. The molecule has 12 atom stereocenters. The van der Waals surface area contributed by atoms with Gasteiger partial charge in [-0.3, -0.25) is 4.79 Å². The first-order valence-electron chi connectivity index (χ1n) is 37.1. The number of unbranched alkanes of at least 4 members (excludes halogenated alkanes) is 45. The van der Waals surface area contributed by atoms with Crippen LogP contribution in [0.1, 0.15) is 341 Å². The van der Waals surface area contributed by atoms with Gasteiger partial charge in [0.2, 0.25) is 5.91 Å². The van der Waals surface area contributed by atoms with Crippen LogP contribution in [-0.4, -0.2) is 140 Å². The smallest absolute Gasteiger partial charge is 0.220 e. The topological polar surface area (TPSA) is 228 Å². The zero-order valence-corrected chi connectivity index (χ0v) is 56.0. The lowest BCUT2D eigenvalue weighted by molar-refractivity contribution is -0.359. The summed E-state index contributed by atoms with van der Waals surface area (Å²) in [5.74, 6) is -0.199. The van der Waals surface area contributed by atoms with Crippen molar-refractivity contribution < 1.29 is 64.6 Å². The van der Waals surface area contributed by atoms with Crippen molar-refractivity contribution in [2.24, 2.45) is 0 Å². The number of hydrogen-bond donors (Lipinski definition) is 9. The summed E-state index contributed by atoms with van der Waals surface area (Å²) in [5.41, 5.74) is 0. The molecule has 0 bridgehead atoms. The number of rotatable bonds is 62. The summed E-state index contributed by atoms with van der Waals surface area (Å²) in [4.78, 5) is 13.4. The number of carbonyl (C=O) groups is 1. The highest BCUT2D eigenvalue weighted by atomic mass is 16.7. The molecule has 0 aliphatic carbocycles. The second-order valence-electron chi connectivity index (χ2n) is 26.4. The Morgan fingerprint density at radius 3 is 1.15 bits per heavy atom. The largest absolute Gasteiger partial charge is 0.394 e. The molecule has 0 spiro atoms. The van der Waals surface area contributed by atoms with Gasteiger partial charge in [0.15, 0.2) is 12.6 Å². The Kier molecular flexibility index (Phi) is 54.7. The third kappa shape index (κ3) is 42.4. The van der Waals surface area contributed by atoms with Crippen LogP contribution in [0.4, 0.5) is 0 Å². The molecule has 514 valence electrons. The Morgan fingerprint density at radius 2 is 0.759 bits per heavy atom. The molecule has 2 fully saturated rings. The van der Waals surface area contributed by atoms with Gasteiger partial charge in [-0.25, -0.2) is 0 Å². The molecule has 87 heavy (non-hydrogen) atoms. The minimum absolute atomic E-state index is 0.199. The van der Waals surface area contributed by atoms with Gasteiger partial charge in [0.05, 0.1) is 32.0 Å². The second-order valence-corrected chi connectivity index (χ2v) is 26.4. The molecule has 1 amide bonds. The van der Waals surface area contributed by atoms with Crippen LogP contribution in [0, 0.1) is 0 Å². The first-order chi connectivity index (χ1) is 42.6. The molecule has 0 aromatic rings. The van der Waals surface area contributed by atoms with Gasteiger partial charge < -0.3 is 65.1 Å². The zero-order chi connectivity index (χ0) is 63.1. The van der Waals surface area contributed by atoms with Crippen molar-refractivity contribution in [2.75, 3.05) is 19.8 Å². The molecule has 12 unspecified atom stereocenters. The standard InChI is InChI=1S/C73H139NO13/c1-3-5-7-9-11-13-15-17-19-21-23-25-27-28-29-30-31-32-33-34-35-37-39-41-43-45-47-49-51-53-55-57-65(78)74-61(60-84-72-70(83)68(81)71(64(59-76)86-72)87-73-69(82)67(80)66(79)63(58-75)85-73)62(77)56-54-52-50-48-46-44-42-40-38-36-26-24-22-20-18-16-14-12-10-8-6-4-2/h15,17,21,23,61-64,66-73,75-77,79-83H,3-14,16,18-20,22,24-60H2,1-2H3,(H,74,78)/b17-15-,23-21-. The van der Waals surface area contributed by atoms with Crippen LogP contribution < -0.4 is 5.32 Å². The highest BCUT2D eigenvalue weighted by molar-refractivity contribution is 5.76. The van der Waals surface area contributed by atoms with E-state index in [1.54, 1.807) is 0 Å². The fourth-order valence-electron chi connectivity index (χ4n) is 12.5. The number of hydrogen-bond acceptors (Lipinski definition) is 13. The fourth-order valence-corrected chi connectivity index (χ4v) is 12.5. The van der Waals surface area contributed by atoms with E-state index in [2.05, 4.69) is 43.5 Å². The van der Waals surface area contributed by atoms with Crippen LogP contribution in [-0.2, 0) is 23.7 Å². The number of nitrogens with one attached hydrogen (secondary N) is 1. The van der Waals surface area contributed by atoms with E-state index >= 15 is 0 Å². The van der Waals surface area contributed by atoms with E-state index < -0.39 is 86.8 Å². The Labute approximate surface area is 532 Å². The van der Waals surface area contributed by atoms with Gasteiger partial charge in [0.1, 0.15) is 48.8 Å². The van der Waals surface area contributed by atoms with E-state index in [4.69, 9.17) is 18.9 Å². The van der Waals surface area contributed by atoms with Crippen molar-refractivity contribution in [1.29, 1.82) is 0 Å². The fraction of sp³-hybridized carbons (Fsp3) is 0.932. The molecule has 0 aromatic carbocycles. The highest BCUT2D eigenvalue weighted by Gasteiger charge is 2.51. The Morgan fingerprint density at radius 1 is 0.414 bits per heavy atom. The molecule has 14 heteroatoms. The second kappa shape index (κ2) is 58.3. The normalized spacial score (nSPS) is 23.3. The maximum atomic E-state index is 13.4. The average molecular weight is 1240 g/mol. The first kappa shape index (κ1) is 81.6. The van der Waals surface area contributed by atoms with Crippen LogP contribution in [0.25, 0.3) is 0 Å². The number of aliphatic hydroxyl groups is 8. The van der Waals surface area contributed by atoms with Crippen LogP contribution in [0.15, 0.2) is 24.3 Å². The van der Waals surface area contributed by atoms with E-state index in [9.17, 15) is 45.6 Å². The van der Waals surface area contributed by atoms with Gasteiger partial charge in [0.25, 0.3) is 0 Å². The third-order valence-corrected chi connectivity index (χ3v) is 18.4. The number of aliphatic hydroxyl groups excluding tert-OH is 8. The molecular weight excluding hydrogens is 1100 g/mol. The van der Waals surface area contributed by atoms with Gasteiger partial charge >= 0.3 is 0 Å². The number of carbonyl (C=O) groups excluding carboxylic acids is 1. The summed E-state index contributed by atoms with van der Waals surface area (Å²) in [5, 5.41) is 87.7. The summed E-state index contributed by atoms with van der Waals surface area (Å²) in [6, 6.07) is -0.827. The molecule has 0 saturated carbocycles. The summed E-state index contributed by atoms with van der Waals surface area (Å²) < 4.78 is 22.9. The van der Waals surface area contributed by atoms with Gasteiger partial charge in [-0.2, -0.15) is 0 Å². The van der Waals surface area contributed by atoms with Crippen LogP contribution in [0.2, 0.25) is 0 Å². The van der Waals surface area contributed by atoms with E-state index in [0.717, 1.165) is 57.8 Å². The minimum atomic E-state index is -1.78. The molecule has 2 saturated heterocycles. The van der Waals surface area contributed by atoms with Gasteiger partial charge in [-0.05, 0) is 44.9 Å². The molecule has 14 nitrogen and oxygen atoms in total.